The Labute approximate surface area is 190 Å². The summed E-state index contributed by atoms with van der Waals surface area (Å²) in [4.78, 5) is 27.9. The van der Waals surface area contributed by atoms with Crippen molar-refractivity contribution in [1.82, 2.24) is 4.98 Å². The molecule has 1 aliphatic rings. The van der Waals surface area contributed by atoms with Gasteiger partial charge in [-0.2, -0.15) is 17.6 Å². The minimum absolute atomic E-state index is 0.0232. The first-order valence-corrected chi connectivity index (χ1v) is 9.90. The van der Waals surface area contributed by atoms with E-state index in [0.717, 1.165) is 26.2 Å². The molecule has 3 amide bonds. The van der Waals surface area contributed by atoms with Crippen molar-refractivity contribution >= 4 is 23.4 Å². The highest BCUT2D eigenvalue weighted by molar-refractivity contribution is 5.96. The zero-order valence-electron chi connectivity index (χ0n) is 18.2. The lowest BCUT2D eigenvalue weighted by Gasteiger charge is -2.32. The van der Waals surface area contributed by atoms with E-state index >= 15 is 0 Å². The number of rotatable bonds is 5. The third-order valence-corrected chi connectivity index (χ3v) is 5.85. The summed E-state index contributed by atoms with van der Waals surface area (Å²) in [6, 6.07) is 3.42. The number of nitrogens with zero attached hydrogens (tertiary/aromatic N) is 1. The smallest absolute Gasteiger partial charge is 0.417 e. The number of hydrogen-bond donors (Lipinski definition) is 3. The van der Waals surface area contributed by atoms with E-state index in [1.165, 1.54) is 25.3 Å². The summed E-state index contributed by atoms with van der Waals surface area (Å²) in [5.74, 6) is -7.06. The van der Waals surface area contributed by atoms with Crippen LogP contribution in [-0.2, 0) is 9.53 Å². The molecule has 4 N–H and O–H groups in total. The molecule has 1 fully saturated rings. The van der Waals surface area contributed by atoms with Crippen LogP contribution in [0, 0.1) is 17.6 Å². The first-order valence-electron chi connectivity index (χ1n) is 9.90. The number of urea groups is 1. The second kappa shape index (κ2) is 9.05. The Morgan fingerprint density at radius 1 is 1.21 bits per heavy atom. The number of benzene rings is 1. The van der Waals surface area contributed by atoms with Crippen LogP contribution in [0.2, 0.25) is 0 Å². The molecule has 13 heteroatoms. The van der Waals surface area contributed by atoms with E-state index in [-0.39, 0.29) is 17.1 Å². The number of primary amides is 1. The van der Waals surface area contributed by atoms with Crippen LogP contribution >= 0.6 is 0 Å². The Morgan fingerprint density at radius 2 is 1.88 bits per heavy atom. The van der Waals surface area contributed by atoms with Crippen LogP contribution in [0.25, 0.3) is 0 Å². The maximum Gasteiger partial charge on any atom is 0.417 e. The molecule has 0 unspecified atom stereocenters. The number of nitrogens with two attached hydrogens (primary N) is 1. The summed E-state index contributed by atoms with van der Waals surface area (Å²) < 4.78 is 80.2. The molecular formula is C21H21F5N4O4. The number of anilines is 2. The molecule has 0 saturated carbocycles. The minimum Gasteiger partial charge on any atom is -0.493 e. The zero-order chi connectivity index (χ0) is 25.4. The number of pyridine rings is 1. The molecule has 0 radical (unpaired) electrons. The average molecular weight is 488 g/mol. The summed E-state index contributed by atoms with van der Waals surface area (Å²) in [7, 11) is 1.03. The average Bonchev–Trinajstić information content (AvgIpc) is 3.02. The van der Waals surface area contributed by atoms with Gasteiger partial charge in [-0.3, -0.25) is 10.1 Å². The van der Waals surface area contributed by atoms with Gasteiger partial charge in [-0.1, -0.05) is 13.0 Å². The molecule has 0 bridgehead atoms. The molecule has 4 atom stereocenters. The summed E-state index contributed by atoms with van der Waals surface area (Å²) in [5.41, 5.74) is 2.14. The van der Waals surface area contributed by atoms with Gasteiger partial charge in [-0.05, 0) is 19.1 Å². The molecule has 184 valence electrons. The summed E-state index contributed by atoms with van der Waals surface area (Å²) in [5, 5.41) is 4.59. The van der Waals surface area contributed by atoms with E-state index in [2.05, 4.69) is 15.6 Å². The largest absolute Gasteiger partial charge is 0.493 e. The molecule has 0 aliphatic carbocycles. The number of ether oxygens (including phenoxy) is 2. The second-order valence-corrected chi connectivity index (χ2v) is 7.85. The number of methoxy groups -OCH3 is 1. The van der Waals surface area contributed by atoms with Crippen LogP contribution in [0.3, 0.4) is 0 Å². The maximum atomic E-state index is 14.4. The van der Waals surface area contributed by atoms with Gasteiger partial charge in [0.1, 0.15) is 11.9 Å². The molecular weight excluding hydrogens is 467 g/mol. The van der Waals surface area contributed by atoms with E-state index in [9.17, 15) is 31.5 Å². The van der Waals surface area contributed by atoms with Crippen molar-refractivity contribution in [2.24, 2.45) is 11.7 Å². The fourth-order valence-electron chi connectivity index (χ4n) is 3.96. The summed E-state index contributed by atoms with van der Waals surface area (Å²) in [6.07, 6.45) is -5.43. The summed E-state index contributed by atoms with van der Waals surface area (Å²) in [6.45, 7) is 1.99. The van der Waals surface area contributed by atoms with Crippen molar-refractivity contribution in [3.8, 4) is 5.75 Å². The highest BCUT2D eigenvalue weighted by Crippen LogP contribution is 2.55. The van der Waals surface area contributed by atoms with Gasteiger partial charge in [-0.15, -0.1) is 0 Å². The Balaban J connectivity index is 2.04. The highest BCUT2D eigenvalue weighted by atomic mass is 19.4. The van der Waals surface area contributed by atoms with E-state index in [1.54, 1.807) is 0 Å². The van der Waals surface area contributed by atoms with Gasteiger partial charge < -0.3 is 20.5 Å². The van der Waals surface area contributed by atoms with Gasteiger partial charge in [0.25, 0.3) is 5.91 Å². The van der Waals surface area contributed by atoms with Crippen molar-refractivity contribution in [2.45, 2.75) is 37.6 Å². The first-order chi connectivity index (χ1) is 15.8. The zero-order valence-corrected chi connectivity index (χ0v) is 18.2. The molecule has 2 aromatic rings. The molecule has 1 aromatic carbocycles. The number of halogens is 5. The SMILES string of the molecule is COc1c([C@@H]2[C@@H](C(=O)Nc3ccnc(NC(N)=O)c3)O[C@](C)(C(F)(F)F)[C@@H]2C)ccc(F)c1F. The van der Waals surface area contributed by atoms with Crippen molar-refractivity contribution in [3.63, 3.8) is 0 Å². The van der Waals surface area contributed by atoms with Crippen LogP contribution in [0.1, 0.15) is 25.3 Å². The second-order valence-electron chi connectivity index (χ2n) is 7.85. The molecule has 1 aliphatic heterocycles. The quantitative estimate of drug-likeness (QED) is 0.552. The molecule has 34 heavy (non-hydrogen) atoms. The van der Waals surface area contributed by atoms with E-state index in [1.807, 2.05) is 0 Å². The van der Waals surface area contributed by atoms with Crippen LogP contribution in [0.15, 0.2) is 30.5 Å². The number of hydrogen-bond acceptors (Lipinski definition) is 5. The number of carbonyl (C=O) groups is 2. The highest BCUT2D eigenvalue weighted by Gasteiger charge is 2.65. The van der Waals surface area contributed by atoms with E-state index < -0.39 is 59.0 Å². The number of aromatic nitrogens is 1. The van der Waals surface area contributed by atoms with Crippen molar-refractivity contribution in [2.75, 3.05) is 17.7 Å². The molecule has 1 saturated heterocycles. The number of nitrogens with one attached hydrogen (secondary N) is 2. The monoisotopic (exact) mass is 488 g/mol. The van der Waals surface area contributed by atoms with Crippen molar-refractivity contribution < 1.29 is 41.0 Å². The Hall–Kier alpha value is -3.48. The van der Waals surface area contributed by atoms with Crippen LogP contribution in [-0.4, -0.2) is 41.9 Å². The third-order valence-electron chi connectivity index (χ3n) is 5.85. The van der Waals surface area contributed by atoms with Crippen LogP contribution in [0.4, 0.5) is 38.3 Å². The van der Waals surface area contributed by atoms with Gasteiger partial charge in [0.05, 0.1) is 7.11 Å². The molecule has 2 heterocycles. The standard InChI is InChI=1S/C21H21F5N4O4/c1-9-14(11-4-5-12(22)15(23)16(11)33-3)17(34-20(9,2)21(24,25)26)18(31)29-10-6-7-28-13(8-10)30-19(27)32/h4-9,14,17H,1-3H3,(H4,27,28,29,30,31,32)/t9-,14-,17+,20+/m1/s1. The number of carbonyl (C=O) groups excluding carboxylic acids is 2. The lowest BCUT2D eigenvalue weighted by Crippen LogP contribution is -2.47. The molecule has 8 nitrogen and oxygen atoms in total. The van der Waals surface area contributed by atoms with Crippen LogP contribution < -0.4 is 21.1 Å². The molecule has 3 rings (SSSR count). The molecule has 1 aromatic heterocycles. The minimum atomic E-state index is -4.89. The Morgan fingerprint density at radius 3 is 2.47 bits per heavy atom. The van der Waals surface area contributed by atoms with Gasteiger partial charge in [0.15, 0.2) is 17.2 Å². The van der Waals surface area contributed by atoms with Crippen molar-refractivity contribution in [3.05, 3.63) is 47.7 Å². The Bertz CT molecular complexity index is 1110. The normalized spacial score (nSPS) is 24.5. The van der Waals surface area contributed by atoms with E-state index in [0.29, 0.717) is 0 Å². The van der Waals surface area contributed by atoms with Crippen molar-refractivity contribution in [1.29, 1.82) is 0 Å². The van der Waals surface area contributed by atoms with Gasteiger partial charge >= 0.3 is 12.2 Å². The fourth-order valence-corrected chi connectivity index (χ4v) is 3.96. The van der Waals surface area contributed by atoms with Gasteiger partial charge in [0.2, 0.25) is 5.82 Å². The maximum absolute atomic E-state index is 14.4. The van der Waals surface area contributed by atoms with E-state index in [4.69, 9.17) is 15.2 Å². The number of amides is 3. The fraction of sp³-hybridized carbons (Fsp3) is 0.381. The topological polar surface area (TPSA) is 116 Å². The number of alkyl halides is 3. The van der Waals surface area contributed by atoms with Gasteiger partial charge in [-0.25, -0.2) is 14.2 Å². The Kier molecular flexibility index (Phi) is 6.69. The lowest BCUT2D eigenvalue weighted by molar-refractivity contribution is -0.272. The lowest BCUT2D eigenvalue weighted by atomic mass is 9.77. The van der Waals surface area contributed by atoms with Gasteiger partial charge in [0, 0.05) is 35.3 Å². The first kappa shape index (κ1) is 25.1. The third kappa shape index (κ3) is 4.47. The predicted octanol–water partition coefficient (Wildman–Crippen LogP) is 3.94. The predicted molar refractivity (Wildman–Crippen MR) is 110 cm³/mol. The summed E-state index contributed by atoms with van der Waals surface area (Å²) >= 11 is 0. The molecule has 0 spiro atoms. The van der Waals surface area contributed by atoms with Crippen LogP contribution in [0.5, 0.6) is 5.75 Å².